The van der Waals surface area contributed by atoms with Crippen molar-refractivity contribution in [1.82, 2.24) is 9.97 Å². The fraction of sp³-hybridized carbons (Fsp3) is 0.286. The van der Waals surface area contributed by atoms with Crippen LogP contribution in [-0.2, 0) is 12.8 Å². The minimum Gasteiger partial charge on any atom is -0.298 e. The SMILES string of the molecule is N#Cc1c(NC(=O)Nc2cnccn2)sc2c1CCCC2. The number of urea groups is 1. The summed E-state index contributed by atoms with van der Waals surface area (Å²) in [6, 6.07) is 1.80. The van der Waals surface area contributed by atoms with Crippen molar-refractivity contribution in [3.05, 3.63) is 34.6 Å². The number of thiophene rings is 1. The lowest BCUT2D eigenvalue weighted by Gasteiger charge is -2.09. The van der Waals surface area contributed by atoms with Gasteiger partial charge in [-0.05, 0) is 31.2 Å². The number of nitrogens with one attached hydrogen (secondary N) is 2. The third-order valence-corrected chi connectivity index (χ3v) is 4.52. The lowest BCUT2D eigenvalue weighted by atomic mass is 9.96. The van der Waals surface area contributed by atoms with Crippen LogP contribution in [0.5, 0.6) is 0 Å². The first kappa shape index (κ1) is 13.5. The maximum absolute atomic E-state index is 12.0. The van der Waals surface area contributed by atoms with E-state index >= 15 is 0 Å². The number of carbonyl (C=O) groups is 1. The number of aromatic nitrogens is 2. The van der Waals surface area contributed by atoms with Gasteiger partial charge >= 0.3 is 6.03 Å². The first-order valence-electron chi connectivity index (χ1n) is 6.66. The van der Waals surface area contributed by atoms with E-state index in [0.29, 0.717) is 16.4 Å². The molecule has 2 amide bonds. The van der Waals surface area contributed by atoms with Gasteiger partial charge in [0.15, 0.2) is 5.82 Å². The number of nitrogens with zero attached hydrogens (tertiary/aromatic N) is 3. The molecule has 0 spiro atoms. The standard InChI is InChI=1S/C14H13N5OS/c15-7-10-9-3-1-2-4-11(9)21-13(10)19-14(20)18-12-8-16-5-6-17-12/h5-6,8H,1-4H2,(H2,17,18,19,20). The van der Waals surface area contributed by atoms with Crippen molar-refractivity contribution in [2.45, 2.75) is 25.7 Å². The second-order valence-electron chi connectivity index (χ2n) is 4.70. The summed E-state index contributed by atoms with van der Waals surface area (Å²) in [6.07, 6.45) is 8.65. The molecule has 7 heteroatoms. The number of hydrogen-bond donors (Lipinski definition) is 2. The quantitative estimate of drug-likeness (QED) is 0.892. The van der Waals surface area contributed by atoms with E-state index in [2.05, 4.69) is 26.7 Å². The molecular formula is C14H13N5OS. The zero-order valence-corrected chi connectivity index (χ0v) is 12.0. The van der Waals surface area contributed by atoms with Crippen molar-refractivity contribution in [3.63, 3.8) is 0 Å². The van der Waals surface area contributed by atoms with Crippen LogP contribution in [0.4, 0.5) is 15.6 Å². The van der Waals surface area contributed by atoms with Crippen molar-refractivity contribution in [2.75, 3.05) is 10.6 Å². The molecule has 6 nitrogen and oxygen atoms in total. The third-order valence-electron chi connectivity index (χ3n) is 3.31. The summed E-state index contributed by atoms with van der Waals surface area (Å²) in [4.78, 5) is 21.0. The smallest absolute Gasteiger partial charge is 0.298 e. The van der Waals surface area contributed by atoms with Gasteiger partial charge in [0.1, 0.15) is 11.1 Å². The Morgan fingerprint density at radius 3 is 2.90 bits per heavy atom. The van der Waals surface area contributed by atoms with Gasteiger partial charge in [0, 0.05) is 17.3 Å². The molecule has 2 aromatic rings. The maximum Gasteiger partial charge on any atom is 0.325 e. The predicted molar refractivity (Wildman–Crippen MR) is 80.3 cm³/mol. The van der Waals surface area contributed by atoms with E-state index < -0.39 is 6.03 Å². The monoisotopic (exact) mass is 299 g/mol. The van der Waals surface area contributed by atoms with Crippen LogP contribution in [0.25, 0.3) is 0 Å². The van der Waals surface area contributed by atoms with Crippen LogP contribution in [0, 0.1) is 11.3 Å². The van der Waals surface area contributed by atoms with Crippen LogP contribution in [0.1, 0.15) is 28.8 Å². The molecule has 0 saturated carbocycles. The Bertz CT molecular complexity index is 704. The average Bonchev–Trinajstić information content (AvgIpc) is 2.85. The van der Waals surface area contributed by atoms with E-state index in [1.54, 1.807) is 0 Å². The molecule has 0 fully saturated rings. The Balaban J connectivity index is 1.77. The third kappa shape index (κ3) is 2.85. The molecular weight excluding hydrogens is 286 g/mol. The summed E-state index contributed by atoms with van der Waals surface area (Å²) in [5.74, 6) is 0.370. The zero-order chi connectivity index (χ0) is 14.7. The molecule has 2 N–H and O–H groups in total. The van der Waals surface area contributed by atoms with Gasteiger partial charge in [-0.2, -0.15) is 5.26 Å². The van der Waals surface area contributed by atoms with Crippen LogP contribution in [0.2, 0.25) is 0 Å². The molecule has 21 heavy (non-hydrogen) atoms. The normalized spacial score (nSPS) is 13.1. The first-order valence-corrected chi connectivity index (χ1v) is 7.48. The fourth-order valence-corrected chi connectivity index (χ4v) is 3.62. The summed E-state index contributed by atoms with van der Waals surface area (Å²) in [6.45, 7) is 0. The number of nitriles is 1. The highest BCUT2D eigenvalue weighted by Crippen LogP contribution is 2.37. The van der Waals surface area contributed by atoms with Crippen molar-refractivity contribution in [3.8, 4) is 6.07 Å². The molecule has 2 aromatic heterocycles. The molecule has 106 valence electrons. The van der Waals surface area contributed by atoms with Crippen molar-refractivity contribution in [2.24, 2.45) is 0 Å². The summed E-state index contributed by atoms with van der Waals surface area (Å²) < 4.78 is 0. The van der Waals surface area contributed by atoms with Gasteiger partial charge in [-0.15, -0.1) is 11.3 Å². The Morgan fingerprint density at radius 1 is 1.29 bits per heavy atom. The largest absolute Gasteiger partial charge is 0.325 e. The number of amides is 2. The number of hydrogen-bond acceptors (Lipinski definition) is 5. The number of fused-ring (bicyclic) bond motifs is 1. The second kappa shape index (κ2) is 5.89. The van der Waals surface area contributed by atoms with Crippen molar-refractivity contribution in [1.29, 1.82) is 5.26 Å². The maximum atomic E-state index is 12.0. The lowest BCUT2D eigenvalue weighted by molar-refractivity contribution is 0.262. The van der Waals surface area contributed by atoms with E-state index in [1.807, 2.05) is 0 Å². The van der Waals surface area contributed by atoms with E-state index in [-0.39, 0.29) is 0 Å². The van der Waals surface area contributed by atoms with Gasteiger partial charge < -0.3 is 0 Å². The Hall–Kier alpha value is -2.46. The molecule has 0 bridgehead atoms. The second-order valence-corrected chi connectivity index (χ2v) is 5.80. The summed E-state index contributed by atoms with van der Waals surface area (Å²) in [5, 5.41) is 15.3. The highest BCUT2D eigenvalue weighted by Gasteiger charge is 2.21. The molecule has 3 rings (SSSR count). The molecule has 0 atom stereocenters. The Kier molecular flexibility index (Phi) is 3.79. The average molecular weight is 299 g/mol. The zero-order valence-electron chi connectivity index (χ0n) is 11.2. The number of anilines is 2. The van der Waals surface area contributed by atoms with Crippen LogP contribution >= 0.6 is 11.3 Å². The number of rotatable bonds is 2. The minimum absolute atomic E-state index is 0.370. The molecule has 0 saturated heterocycles. The number of aryl methyl sites for hydroxylation is 1. The van der Waals surface area contributed by atoms with Crippen LogP contribution in [-0.4, -0.2) is 16.0 Å². The minimum atomic E-state index is -0.411. The first-order chi connectivity index (χ1) is 10.3. The highest BCUT2D eigenvalue weighted by atomic mass is 32.1. The van der Waals surface area contributed by atoms with Crippen molar-refractivity contribution >= 4 is 28.2 Å². The molecule has 1 aliphatic carbocycles. The molecule has 0 aromatic carbocycles. The molecule has 0 unspecified atom stereocenters. The summed E-state index contributed by atoms with van der Waals surface area (Å²) in [7, 11) is 0. The molecule has 1 aliphatic rings. The lowest BCUT2D eigenvalue weighted by Crippen LogP contribution is -2.20. The van der Waals surface area contributed by atoms with Gasteiger partial charge in [-0.3, -0.25) is 15.6 Å². The van der Waals surface area contributed by atoms with Crippen LogP contribution < -0.4 is 10.6 Å². The van der Waals surface area contributed by atoms with E-state index in [1.165, 1.54) is 34.8 Å². The van der Waals surface area contributed by atoms with Gasteiger partial charge in [-0.25, -0.2) is 9.78 Å². The van der Waals surface area contributed by atoms with Crippen LogP contribution in [0.15, 0.2) is 18.6 Å². The van der Waals surface area contributed by atoms with Gasteiger partial charge in [0.2, 0.25) is 0 Å². The van der Waals surface area contributed by atoms with E-state index in [4.69, 9.17) is 0 Å². The van der Waals surface area contributed by atoms with E-state index in [9.17, 15) is 10.1 Å². The number of carbonyl (C=O) groups excluding carboxylic acids is 1. The topological polar surface area (TPSA) is 90.7 Å². The summed E-state index contributed by atoms with van der Waals surface area (Å²) >= 11 is 1.49. The van der Waals surface area contributed by atoms with Gasteiger partial charge in [0.05, 0.1) is 11.8 Å². The Morgan fingerprint density at radius 2 is 2.14 bits per heavy atom. The van der Waals surface area contributed by atoms with E-state index in [0.717, 1.165) is 31.2 Å². The predicted octanol–water partition coefficient (Wildman–Crippen LogP) is 2.93. The van der Waals surface area contributed by atoms with Gasteiger partial charge in [0.25, 0.3) is 0 Å². The molecule has 0 radical (unpaired) electrons. The fourth-order valence-electron chi connectivity index (χ4n) is 2.39. The van der Waals surface area contributed by atoms with Crippen molar-refractivity contribution < 1.29 is 4.79 Å². The van der Waals surface area contributed by atoms with Crippen LogP contribution in [0.3, 0.4) is 0 Å². The summed E-state index contributed by atoms with van der Waals surface area (Å²) in [5.41, 5.74) is 1.70. The highest BCUT2D eigenvalue weighted by molar-refractivity contribution is 7.16. The Labute approximate surface area is 125 Å². The molecule has 0 aliphatic heterocycles. The molecule has 2 heterocycles. The van der Waals surface area contributed by atoms with Gasteiger partial charge in [-0.1, -0.05) is 0 Å².